The van der Waals surface area contributed by atoms with Gasteiger partial charge in [0.1, 0.15) is 5.78 Å². The highest BCUT2D eigenvalue weighted by molar-refractivity contribution is 7.08. The van der Waals surface area contributed by atoms with Crippen LogP contribution in [0.5, 0.6) is 0 Å². The van der Waals surface area contributed by atoms with Crippen LogP contribution in [-0.4, -0.2) is 5.78 Å². The van der Waals surface area contributed by atoms with Crippen molar-refractivity contribution >= 4 is 17.1 Å². The molecule has 0 radical (unpaired) electrons. The number of hydrogen-bond acceptors (Lipinski definition) is 2. The van der Waals surface area contributed by atoms with Gasteiger partial charge in [0.2, 0.25) is 0 Å². The van der Waals surface area contributed by atoms with Crippen molar-refractivity contribution in [2.75, 3.05) is 0 Å². The molecule has 0 spiro atoms. The molecule has 0 aromatic carbocycles. The van der Waals surface area contributed by atoms with E-state index in [4.69, 9.17) is 0 Å². The Labute approximate surface area is 63.7 Å². The van der Waals surface area contributed by atoms with Crippen LogP contribution in [0.1, 0.15) is 24.3 Å². The van der Waals surface area contributed by atoms with Crippen LogP contribution in [0.15, 0.2) is 16.8 Å². The van der Waals surface area contributed by atoms with E-state index in [0.717, 1.165) is 12.8 Å². The average Bonchev–Trinajstić information content (AvgIpc) is 2.31. The van der Waals surface area contributed by atoms with Gasteiger partial charge in [-0.25, -0.2) is 0 Å². The molecule has 0 atom stereocenters. The van der Waals surface area contributed by atoms with E-state index in [1.165, 1.54) is 5.56 Å². The highest BCUT2D eigenvalue weighted by Gasteiger charge is 2.27. The maximum Gasteiger partial charge on any atom is 0.134 e. The first-order valence-electron chi connectivity index (χ1n) is 3.40. The third kappa shape index (κ3) is 0.886. The van der Waals surface area contributed by atoms with Gasteiger partial charge in [0.15, 0.2) is 0 Å². The highest BCUT2D eigenvalue weighted by atomic mass is 32.1. The average molecular weight is 152 g/mol. The second kappa shape index (κ2) is 2.20. The van der Waals surface area contributed by atoms with Gasteiger partial charge in [0.05, 0.1) is 0 Å². The van der Waals surface area contributed by atoms with E-state index < -0.39 is 0 Å². The van der Waals surface area contributed by atoms with Crippen molar-refractivity contribution in [1.82, 2.24) is 0 Å². The van der Waals surface area contributed by atoms with Crippen LogP contribution in [-0.2, 0) is 4.79 Å². The summed E-state index contributed by atoms with van der Waals surface area (Å²) < 4.78 is 0. The summed E-state index contributed by atoms with van der Waals surface area (Å²) in [5.41, 5.74) is 1.35. The number of Topliss-reactive ketones (excluding diaryl/α,β-unsaturated/α-hetero) is 1. The van der Waals surface area contributed by atoms with Gasteiger partial charge in [-0.3, -0.25) is 4.79 Å². The molecule has 1 aliphatic carbocycles. The first-order chi connectivity index (χ1) is 4.86. The standard InChI is InChI=1S/C8H8OS/c9-8-3-7(4-8)6-1-2-10-5-6/h1-2,5,7H,3-4H2. The van der Waals surface area contributed by atoms with Crippen LogP contribution >= 0.6 is 11.3 Å². The van der Waals surface area contributed by atoms with E-state index >= 15 is 0 Å². The smallest absolute Gasteiger partial charge is 0.134 e. The Bertz CT molecular complexity index is 230. The van der Waals surface area contributed by atoms with E-state index in [1.54, 1.807) is 11.3 Å². The second-order valence-corrected chi connectivity index (χ2v) is 3.48. The third-order valence-corrected chi connectivity index (χ3v) is 2.66. The predicted octanol–water partition coefficient (Wildman–Crippen LogP) is 2.19. The van der Waals surface area contributed by atoms with Gasteiger partial charge < -0.3 is 0 Å². The monoisotopic (exact) mass is 152 g/mol. The summed E-state index contributed by atoms with van der Waals surface area (Å²) in [6, 6.07) is 2.11. The molecule has 0 aliphatic heterocycles. The molecule has 1 fully saturated rings. The fourth-order valence-corrected chi connectivity index (χ4v) is 1.98. The second-order valence-electron chi connectivity index (χ2n) is 2.70. The number of hydrogen-bond donors (Lipinski definition) is 0. The van der Waals surface area contributed by atoms with Gasteiger partial charge in [-0.15, -0.1) is 0 Å². The minimum Gasteiger partial charge on any atom is -0.300 e. The fourth-order valence-electron chi connectivity index (χ4n) is 1.23. The van der Waals surface area contributed by atoms with Crippen LogP contribution in [0.3, 0.4) is 0 Å². The summed E-state index contributed by atoms with van der Waals surface area (Å²) in [6.07, 6.45) is 1.55. The van der Waals surface area contributed by atoms with Crippen molar-refractivity contribution < 1.29 is 4.79 Å². The van der Waals surface area contributed by atoms with Crippen molar-refractivity contribution in [2.24, 2.45) is 0 Å². The van der Waals surface area contributed by atoms with Crippen molar-refractivity contribution in [3.8, 4) is 0 Å². The Kier molecular flexibility index (Phi) is 1.34. The molecule has 0 saturated heterocycles. The molecule has 2 heteroatoms. The summed E-state index contributed by atoms with van der Waals surface area (Å²) in [4.78, 5) is 10.6. The van der Waals surface area contributed by atoms with Crippen LogP contribution in [0.2, 0.25) is 0 Å². The molecule has 1 saturated carbocycles. The molecule has 1 heterocycles. The van der Waals surface area contributed by atoms with Crippen LogP contribution in [0.4, 0.5) is 0 Å². The van der Waals surface area contributed by atoms with Gasteiger partial charge >= 0.3 is 0 Å². The highest BCUT2D eigenvalue weighted by Crippen LogP contribution is 2.34. The molecular formula is C8H8OS. The molecule has 0 bridgehead atoms. The number of ketones is 1. The molecule has 10 heavy (non-hydrogen) atoms. The summed E-state index contributed by atoms with van der Waals surface area (Å²) in [5.74, 6) is 0.968. The lowest BCUT2D eigenvalue weighted by molar-refractivity contribution is -0.124. The summed E-state index contributed by atoms with van der Waals surface area (Å²) in [7, 11) is 0. The lowest BCUT2D eigenvalue weighted by Gasteiger charge is -2.22. The number of thiophene rings is 1. The van der Waals surface area contributed by atoms with Gasteiger partial charge in [0.25, 0.3) is 0 Å². The first kappa shape index (κ1) is 6.10. The predicted molar refractivity (Wildman–Crippen MR) is 41.3 cm³/mol. The fraction of sp³-hybridized carbons (Fsp3) is 0.375. The van der Waals surface area contributed by atoms with E-state index in [-0.39, 0.29) is 0 Å². The normalized spacial score (nSPS) is 19.0. The zero-order valence-electron chi connectivity index (χ0n) is 5.54. The minimum absolute atomic E-state index is 0.413. The molecule has 1 aromatic rings. The SMILES string of the molecule is O=C1CC(c2ccsc2)C1. The Hall–Kier alpha value is -0.630. The third-order valence-electron chi connectivity index (χ3n) is 1.96. The number of carbonyl (C=O) groups excluding carboxylic acids is 1. The Morgan fingerprint density at radius 1 is 1.50 bits per heavy atom. The van der Waals surface area contributed by atoms with Gasteiger partial charge in [0, 0.05) is 12.8 Å². The zero-order valence-corrected chi connectivity index (χ0v) is 6.36. The summed E-state index contributed by atoms with van der Waals surface area (Å²) >= 11 is 1.71. The largest absolute Gasteiger partial charge is 0.300 e. The van der Waals surface area contributed by atoms with E-state index in [2.05, 4.69) is 16.8 Å². The number of carbonyl (C=O) groups is 1. The van der Waals surface area contributed by atoms with E-state index in [0.29, 0.717) is 11.7 Å². The molecule has 0 amide bonds. The van der Waals surface area contributed by atoms with Gasteiger partial charge in [-0.05, 0) is 28.3 Å². The first-order valence-corrected chi connectivity index (χ1v) is 4.34. The molecule has 2 rings (SSSR count). The van der Waals surface area contributed by atoms with Crippen LogP contribution in [0.25, 0.3) is 0 Å². The van der Waals surface area contributed by atoms with E-state index in [9.17, 15) is 4.79 Å². The molecular weight excluding hydrogens is 144 g/mol. The quantitative estimate of drug-likeness (QED) is 0.603. The minimum atomic E-state index is 0.413. The van der Waals surface area contributed by atoms with Crippen molar-refractivity contribution in [3.05, 3.63) is 22.4 Å². The molecule has 1 aromatic heterocycles. The lowest BCUT2D eigenvalue weighted by Crippen LogP contribution is -2.20. The van der Waals surface area contributed by atoms with Crippen molar-refractivity contribution in [1.29, 1.82) is 0 Å². The zero-order chi connectivity index (χ0) is 6.97. The van der Waals surface area contributed by atoms with Crippen LogP contribution < -0.4 is 0 Å². The summed E-state index contributed by atoms with van der Waals surface area (Å²) in [5, 5.41) is 4.20. The molecule has 1 aliphatic rings. The molecule has 0 unspecified atom stereocenters. The maximum atomic E-state index is 10.6. The summed E-state index contributed by atoms with van der Waals surface area (Å²) in [6.45, 7) is 0. The van der Waals surface area contributed by atoms with E-state index in [1.807, 2.05) is 0 Å². The Morgan fingerprint density at radius 2 is 2.30 bits per heavy atom. The lowest BCUT2D eigenvalue weighted by atomic mass is 9.80. The molecule has 1 nitrogen and oxygen atoms in total. The van der Waals surface area contributed by atoms with Crippen LogP contribution in [0, 0.1) is 0 Å². The molecule has 0 N–H and O–H groups in total. The Morgan fingerprint density at radius 3 is 2.80 bits per heavy atom. The number of rotatable bonds is 1. The topological polar surface area (TPSA) is 17.1 Å². The maximum absolute atomic E-state index is 10.6. The van der Waals surface area contributed by atoms with Gasteiger partial charge in [-0.1, -0.05) is 0 Å². The van der Waals surface area contributed by atoms with Gasteiger partial charge in [-0.2, -0.15) is 11.3 Å². The molecule has 52 valence electrons. The Balaban J connectivity index is 2.10. The van der Waals surface area contributed by atoms with Crippen molar-refractivity contribution in [2.45, 2.75) is 18.8 Å². The van der Waals surface area contributed by atoms with Crippen molar-refractivity contribution in [3.63, 3.8) is 0 Å².